The molecule has 1 aliphatic carbocycles. The van der Waals surface area contributed by atoms with Gasteiger partial charge in [0.25, 0.3) is 0 Å². The average molecular weight is 360 g/mol. The minimum Gasteiger partial charge on any atom is -0.497 e. The van der Waals surface area contributed by atoms with Crippen LogP contribution >= 0.6 is 0 Å². The third-order valence-corrected chi connectivity index (χ3v) is 6.95. The van der Waals surface area contributed by atoms with Gasteiger partial charge in [0.05, 0.1) is 12.8 Å². The Labute approximate surface area is 147 Å². The molecule has 3 rings (SSSR count). The normalized spacial score (nSPS) is 15.3. The monoisotopic (exact) mass is 360 g/mol. The number of hydrogen-bond donors (Lipinski definition) is 1. The molecule has 0 bridgehead atoms. The molecule has 1 amide bonds. The van der Waals surface area contributed by atoms with Crippen LogP contribution in [0.5, 0.6) is 5.75 Å². The molecule has 0 saturated heterocycles. The Kier molecular flexibility index (Phi) is 4.43. The average Bonchev–Trinajstić information content (AvgIpc) is 3.45. The third kappa shape index (κ3) is 3.07. The van der Waals surface area contributed by atoms with E-state index in [1.165, 1.54) is 11.4 Å². The second-order valence-electron chi connectivity index (χ2n) is 5.98. The molecule has 2 aromatic carbocycles. The minimum atomic E-state index is -3.82. The Bertz CT molecular complexity index is 860. The van der Waals surface area contributed by atoms with E-state index in [1.54, 1.807) is 55.6 Å². The van der Waals surface area contributed by atoms with Crippen LogP contribution in [-0.2, 0) is 14.8 Å². The van der Waals surface area contributed by atoms with E-state index < -0.39 is 20.7 Å². The van der Waals surface area contributed by atoms with Crippen LogP contribution in [0.4, 0.5) is 11.4 Å². The molecule has 2 aromatic rings. The number of rotatable bonds is 6. The molecule has 0 atom stereocenters. The van der Waals surface area contributed by atoms with Crippen molar-refractivity contribution >= 4 is 27.3 Å². The van der Waals surface area contributed by atoms with Crippen molar-refractivity contribution in [1.82, 2.24) is 0 Å². The lowest BCUT2D eigenvalue weighted by molar-refractivity contribution is -0.116. The van der Waals surface area contributed by atoms with E-state index >= 15 is 0 Å². The second-order valence-corrected chi connectivity index (χ2v) is 8.26. The lowest BCUT2D eigenvalue weighted by Gasteiger charge is -2.25. The first-order chi connectivity index (χ1) is 11.9. The highest BCUT2D eigenvalue weighted by molar-refractivity contribution is 7.95. The van der Waals surface area contributed by atoms with Gasteiger partial charge in [-0.25, -0.2) is 8.42 Å². The summed E-state index contributed by atoms with van der Waals surface area (Å²) >= 11 is 0. The molecule has 7 heteroatoms. The number of nitrogens with zero attached hydrogens (tertiary/aromatic N) is 1. The number of sulfonamides is 1. The van der Waals surface area contributed by atoms with Gasteiger partial charge in [0.2, 0.25) is 15.9 Å². The van der Waals surface area contributed by atoms with Gasteiger partial charge >= 0.3 is 0 Å². The number of hydrogen-bond acceptors (Lipinski definition) is 4. The zero-order valence-electron chi connectivity index (χ0n) is 14.1. The largest absolute Gasteiger partial charge is 0.497 e. The van der Waals surface area contributed by atoms with Crippen LogP contribution in [0.15, 0.2) is 54.6 Å². The highest BCUT2D eigenvalue weighted by Crippen LogP contribution is 2.46. The molecule has 0 heterocycles. The number of carbonyl (C=O) groups is 1. The van der Waals surface area contributed by atoms with Gasteiger partial charge in [-0.15, -0.1) is 0 Å². The zero-order valence-corrected chi connectivity index (χ0v) is 14.9. The summed E-state index contributed by atoms with van der Waals surface area (Å²) in [5, 5.41) is 2.71. The van der Waals surface area contributed by atoms with Crippen molar-refractivity contribution < 1.29 is 17.9 Å². The number of nitrogens with one attached hydrogen (secondary N) is 1. The lowest BCUT2D eigenvalue weighted by Crippen LogP contribution is -2.45. The summed E-state index contributed by atoms with van der Waals surface area (Å²) in [5.74, 6) is 0.163. The molecule has 132 valence electrons. The smallest absolute Gasteiger partial charge is 0.249 e. The van der Waals surface area contributed by atoms with E-state index in [4.69, 9.17) is 4.74 Å². The van der Waals surface area contributed by atoms with Crippen LogP contribution < -0.4 is 14.4 Å². The standard InChI is InChI=1S/C18H20N2O4S/c1-20(15-6-4-3-5-7-15)25(22,23)18(12-13-18)17(21)19-14-8-10-16(24-2)11-9-14/h3-11H,12-13H2,1-2H3,(H,19,21). The predicted molar refractivity (Wildman–Crippen MR) is 97.4 cm³/mol. The summed E-state index contributed by atoms with van der Waals surface area (Å²) in [6.07, 6.45) is 0.628. The fourth-order valence-corrected chi connectivity index (χ4v) is 4.50. The number of anilines is 2. The highest BCUT2D eigenvalue weighted by atomic mass is 32.2. The van der Waals surface area contributed by atoms with Gasteiger partial charge in [0.1, 0.15) is 5.75 Å². The number of para-hydroxylation sites is 1. The van der Waals surface area contributed by atoms with Gasteiger partial charge in [-0.1, -0.05) is 18.2 Å². The Morgan fingerprint density at radius 3 is 2.20 bits per heavy atom. The van der Waals surface area contributed by atoms with Crippen molar-refractivity contribution in [2.75, 3.05) is 23.8 Å². The van der Waals surface area contributed by atoms with Crippen molar-refractivity contribution in [2.45, 2.75) is 17.6 Å². The van der Waals surface area contributed by atoms with E-state index in [0.717, 1.165) is 0 Å². The van der Waals surface area contributed by atoms with Crippen molar-refractivity contribution in [1.29, 1.82) is 0 Å². The SMILES string of the molecule is COc1ccc(NC(=O)C2(S(=O)(=O)N(C)c3ccccc3)CC2)cc1. The van der Waals surface area contributed by atoms with E-state index in [0.29, 0.717) is 30.0 Å². The number of methoxy groups -OCH3 is 1. The van der Waals surface area contributed by atoms with E-state index in [1.807, 2.05) is 6.07 Å². The van der Waals surface area contributed by atoms with Gasteiger partial charge in [-0.3, -0.25) is 9.10 Å². The lowest BCUT2D eigenvalue weighted by atomic mass is 10.3. The molecule has 1 aliphatic rings. The molecule has 6 nitrogen and oxygen atoms in total. The quantitative estimate of drug-likeness (QED) is 0.859. The van der Waals surface area contributed by atoms with Crippen LogP contribution in [0.2, 0.25) is 0 Å². The first-order valence-electron chi connectivity index (χ1n) is 7.90. The summed E-state index contributed by atoms with van der Waals surface area (Å²) in [6.45, 7) is 0. The molecular formula is C18H20N2O4S. The maximum Gasteiger partial charge on any atom is 0.249 e. The molecular weight excluding hydrogens is 340 g/mol. The Morgan fingerprint density at radius 1 is 1.08 bits per heavy atom. The van der Waals surface area contributed by atoms with E-state index in [-0.39, 0.29) is 0 Å². The summed E-state index contributed by atoms with van der Waals surface area (Å²) < 4.78 is 30.8. The Hall–Kier alpha value is -2.54. The molecule has 25 heavy (non-hydrogen) atoms. The van der Waals surface area contributed by atoms with E-state index in [9.17, 15) is 13.2 Å². The van der Waals surface area contributed by atoms with Crippen molar-refractivity contribution in [2.24, 2.45) is 0 Å². The second kappa shape index (κ2) is 6.40. The molecule has 0 aromatic heterocycles. The summed E-state index contributed by atoms with van der Waals surface area (Å²) in [5.41, 5.74) is 1.07. The Balaban J connectivity index is 1.81. The van der Waals surface area contributed by atoms with Crippen molar-refractivity contribution in [3.8, 4) is 5.75 Å². The minimum absolute atomic E-state index is 0.314. The first kappa shape index (κ1) is 17.3. The van der Waals surface area contributed by atoms with Crippen molar-refractivity contribution in [3.05, 3.63) is 54.6 Å². The van der Waals surface area contributed by atoms with Gasteiger partial charge in [0.15, 0.2) is 4.75 Å². The van der Waals surface area contributed by atoms with Crippen LogP contribution in [-0.4, -0.2) is 33.2 Å². The fraction of sp³-hybridized carbons (Fsp3) is 0.278. The highest BCUT2D eigenvalue weighted by Gasteiger charge is 2.62. The van der Waals surface area contributed by atoms with Gasteiger partial charge in [-0.2, -0.15) is 0 Å². The molecule has 0 radical (unpaired) electrons. The number of carbonyl (C=O) groups excluding carboxylic acids is 1. The summed E-state index contributed by atoms with van der Waals surface area (Å²) in [6, 6.07) is 15.5. The van der Waals surface area contributed by atoms with Crippen LogP contribution in [0.25, 0.3) is 0 Å². The van der Waals surface area contributed by atoms with Gasteiger partial charge in [0, 0.05) is 12.7 Å². The summed E-state index contributed by atoms with van der Waals surface area (Å²) in [7, 11) is -0.784. The third-order valence-electron chi connectivity index (χ3n) is 4.44. The maximum atomic E-state index is 13.0. The first-order valence-corrected chi connectivity index (χ1v) is 9.34. The molecule has 1 saturated carbocycles. The molecule has 0 spiro atoms. The number of amides is 1. The van der Waals surface area contributed by atoms with Crippen LogP contribution in [0, 0.1) is 0 Å². The van der Waals surface area contributed by atoms with Gasteiger partial charge < -0.3 is 10.1 Å². The zero-order chi connectivity index (χ0) is 18.1. The van der Waals surface area contributed by atoms with Crippen LogP contribution in [0.1, 0.15) is 12.8 Å². The predicted octanol–water partition coefficient (Wildman–Crippen LogP) is 2.63. The molecule has 0 unspecified atom stereocenters. The Morgan fingerprint density at radius 2 is 1.68 bits per heavy atom. The van der Waals surface area contributed by atoms with Gasteiger partial charge in [-0.05, 0) is 49.2 Å². The molecule has 1 N–H and O–H groups in total. The molecule has 1 fully saturated rings. The molecule has 0 aliphatic heterocycles. The number of ether oxygens (including phenoxy) is 1. The topological polar surface area (TPSA) is 75.7 Å². The van der Waals surface area contributed by atoms with E-state index in [2.05, 4.69) is 5.32 Å². The fourth-order valence-electron chi connectivity index (χ4n) is 2.67. The van der Waals surface area contributed by atoms with Crippen molar-refractivity contribution in [3.63, 3.8) is 0 Å². The maximum absolute atomic E-state index is 13.0. The summed E-state index contributed by atoms with van der Waals surface area (Å²) in [4.78, 5) is 12.7. The van der Waals surface area contributed by atoms with Crippen LogP contribution in [0.3, 0.4) is 0 Å². The number of benzene rings is 2.